The summed E-state index contributed by atoms with van der Waals surface area (Å²) in [7, 11) is -2.94. The fraction of sp³-hybridized carbons (Fsp3) is 0.425. The number of carbonyl (C=O) groups excluding carboxylic acids is 1. The van der Waals surface area contributed by atoms with Gasteiger partial charge >= 0.3 is 12.4 Å². The van der Waals surface area contributed by atoms with Gasteiger partial charge in [-0.05, 0) is 87.3 Å². The van der Waals surface area contributed by atoms with E-state index in [-0.39, 0.29) is 83.5 Å². The Kier molecular flexibility index (Phi) is 9.71. The molecule has 1 N–H and O–H groups in total. The fourth-order valence-corrected chi connectivity index (χ4v) is 9.54. The van der Waals surface area contributed by atoms with Gasteiger partial charge in [0.25, 0.3) is 15.9 Å². The van der Waals surface area contributed by atoms with Crippen LogP contribution >= 0.6 is 0 Å². The molecule has 0 radical (unpaired) electrons. The van der Waals surface area contributed by atoms with Crippen LogP contribution in [0.3, 0.4) is 0 Å². The quantitative estimate of drug-likeness (QED) is 0.175. The molecule has 0 spiro atoms. The maximum absolute atomic E-state index is 15.0. The summed E-state index contributed by atoms with van der Waals surface area (Å²) in [5.74, 6) is -1.87. The minimum atomic E-state index is -4.50. The van der Waals surface area contributed by atoms with Crippen LogP contribution in [-0.2, 0) is 22.5 Å². The van der Waals surface area contributed by atoms with Crippen molar-refractivity contribution >= 4 is 33.0 Å². The summed E-state index contributed by atoms with van der Waals surface area (Å²) in [6.45, 7) is 3.37. The van der Waals surface area contributed by atoms with Crippen molar-refractivity contribution in [2.24, 2.45) is 13.0 Å². The molecule has 2 aromatic carbocycles. The van der Waals surface area contributed by atoms with Crippen LogP contribution in [-0.4, -0.2) is 68.7 Å². The number of sulfonamides is 1. The Balaban J connectivity index is 1.29. The number of nitrogens with one attached hydrogen (secondary N) is 1. The molecule has 2 aliphatic heterocycles. The van der Waals surface area contributed by atoms with Crippen LogP contribution in [0.2, 0.25) is 0 Å². The monoisotopic (exact) mass is 827 g/mol. The third kappa shape index (κ3) is 7.23. The number of amides is 1. The number of hydrogen-bond donors (Lipinski definition) is 1. The van der Waals surface area contributed by atoms with Crippen molar-refractivity contribution in [3.63, 3.8) is 0 Å². The third-order valence-corrected chi connectivity index (χ3v) is 13.0. The molecule has 3 aliphatic rings. The largest absolute Gasteiger partial charge is 0.475 e. The highest BCUT2D eigenvalue weighted by Gasteiger charge is 2.65. The topological polar surface area (TPSA) is 132 Å². The van der Waals surface area contributed by atoms with Crippen LogP contribution in [0.1, 0.15) is 83.9 Å². The van der Waals surface area contributed by atoms with Crippen molar-refractivity contribution < 1.29 is 44.3 Å². The predicted molar refractivity (Wildman–Crippen MR) is 200 cm³/mol. The van der Waals surface area contributed by atoms with E-state index in [4.69, 9.17) is 9.72 Å². The van der Waals surface area contributed by atoms with Gasteiger partial charge in [-0.2, -0.15) is 31.3 Å². The van der Waals surface area contributed by atoms with E-state index in [9.17, 15) is 39.6 Å². The lowest BCUT2D eigenvalue weighted by molar-refractivity contribution is -0.162. The summed E-state index contributed by atoms with van der Waals surface area (Å²) in [6.07, 6.45) is -8.43. The second-order valence-electron chi connectivity index (χ2n) is 15.4. The van der Waals surface area contributed by atoms with Gasteiger partial charge in [0.05, 0.1) is 34.6 Å². The van der Waals surface area contributed by atoms with Crippen LogP contribution in [0, 0.1) is 19.8 Å². The van der Waals surface area contributed by atoms with E-state index < -0.39 is 58.1 Å². The van der Waals surface area contributed by atoms with Gasteiger partial charge in [0, 0.05) is 36.4 Å². The number of fused-ring (bicyclic) bond motifs is 6. The maximum Gasteiger partial charge on any atom is 0.399 e. The van der Waals surface area contributed by atoms with Gasteiger partial charge in [-0.1, -0.05) is 30.7 Å². The Hall–Kier alpha value is -5.26. The highest BCUT2D eigenvalue weighted by Crippen LogP contribution is 2.59. The summed E-state index contributed by atoms with van der Waals surface area (Å²) in [6, 6.07) is 11.7. The lowest BCUT2D eigenvalue weighted by Crippen LogP contribution is -2.49. The maximum atomic E-state index is 15.0. The molecule has 18 heteroatoms. The molecule has 1 saturated carbocycles. The second-order valence-corrected chi connectivity index (χ2v) is 17.1. The minimum Gasteiger partial charge on any atom is -0.475 e. The molecule has 4 bridgehead atoms. The second kappa shape index (κ2) is 14.2. The Morgan fingerprint density at radius 1 is 0.948 bits per heavy atom. The van der Waals surface area contributed by atoms with Crippen molar-refractivity contribution in [3.8, 4) is 17.1 Å². The zero-order valence-corrected chi connectivity index (χ0v) is 32.5. The molecule has 306 valence electrons. The van der Waals surface area contributed by atoms with Crippen molar-refractivity contribution in [3.05, 3.63) is 88.9 Å². The minimum absolute atomic E-state index is 0.0149. The molecule has 5 heterocycles. The van der Waals surface area contributed by atoms with Crippen LogP contribution in [0.4, 0.5) is 32.3 Å². The Morgan fingerprint density at radius 3 is 2.36 bits per heavy atom. The third-order valence-electron chi connectivity index (χ3n) is 11.7. The Morgan fingerprint density at radius 2 is 1.67 bits per heavy atom. The zero-order chi connectivity index (χ0) is 41.4. The van der Waals surface area contributed by atoms with Crippen molar-refractivity contribution in [1.82, 2.24) is 29.4 Å². The molecule has 1 saturated heterocycles. The molecule has 0 unspecified atom stereocenters. The average Bonchev–Trinajstić information content (AvgIpc) is 3.94. The smallest absolute Gasteiger partial charge is 0.399 e. The summed E-state index contributed by atoms with van der Waals surface area (Å²) in [5.41, 5.74) is 1.17. The van der Waals surface area contributed by atoms with Crippen LogP contribution in [0.25, 0.3) is 22.4 Å². The van der Waals surface area contributed by atoms with E-state index in [0.717, 1.165) is 11.1 Å². The van der Waals surface area contributed by atoms with Gasteiger partial charge in [0.1, 0.15) is 17.5 Å². The number of benzene rings is 2. The van der Waals surface area contributed by atoms with Crippen molar-refractivity contribution in [1.29, 1.82) is 0 Å². The van der Waals surface area contributed by atoms with Gasteiger partial charge in [-0.15, -0.1) is 0 Å². The first-order valence-corrected chi connectivity index (χ1v) is 20.3. The Labute approximate surface area is 329 Å². The van der Waals surface area contributed by atoms with Crippen LogP contribution in [0.15, 0.2) is 65.7 Å². The molecule has 11 nitrogen and oxygen atoms in total. The number of alkyl halides is 6. The SMILES string of the molecule is Cc1cccc(C)c1-c1cc2nc(n1)NS(=O)(=O)c1cccc(c1)C(=O)N1[C@H](c3cnc4cc(C5(C(F)(F)F)CC5)n(C)c4n3)CCC[C@@H](CCC(F)(F)F)[C@@H]1CO2. The van der Waals surface area contributed by atoms with Gasteiger partial charge in [-0.25, -0.2) is 23.1 Å². The molecular weight excluding hydrogens is 789 g/mol. The van der Waals surface area contributed by atoms with Crippen LogP contribution in [0.5, 0.6) is 5.88 Å². The first kappa shape index (κ1) is 39.6. The number of rotatable bonds is 5. The number of ether oxygens (including phenoxy) is 1. The van der Waals surface area contributed by atoms with Crippen molar-refractivity contribution in [2.45, 2.75) is 93.5 Å². The van der Waals surface area contributed by atoms with Gasteiger partial charge < -0.3 is 14.2 Å². The lowest BCUT2D eigenvalue weighted by atomic mass is 9.90. The molecular formula is C40H39F6N7O4S. The van der Waals surface area contributed by atoms with E-state index in [1.54, 1.807) is 0 Å². The summed E-state index contributed by atoms with van der Waals surface area (Å²) in [4.78, 5) is 34.2. The van der Waals surface area contributed by atoms with E-state index in [2.05, 4.69) is 19.7 Å². The number of halogens is 6. The summed E-state index contributed by atoms with van der Waals surface area (Å²) >= 11 is 0. The highest BCUT2D eigenvalue weighted by molar-refractivity contribution is 7.92. The number of carbonyl (C=O) groups is 1. The molecule has 5 aromatic rings. The zero-order valence-electron chi connectivity index (χ0n) is 31.7. The molecule has 8 rings (SSSR count). The van der Waals surface area contributed by atoms with Crippen LogP contribution < -0.4 is 9.46 Å². The lowest BCUT2D eigenvalue weighted by Gasteiger charge is -2.39. The normalized spacial score (nSPS) is 21.8. The van der Waals surface area contributed by atoms with Gasteiger partial charge in [0.2, 0.25) is 11.8 Å². The number of anilines is 1. The number of aromatic nitrogens is 5. The number of aryl methyl sites for hydroxylation is 3. The number of nitrogens with zero attached hydrogens (tertiary/aromatic N) is 6. The number of hydrogen-bond acceptors (Lipinski definition) is 8. The molecule has 3 atom stereocenters. The van der Waals surface area contributed by atoms with Gasteiger partial charge in [-0.3, -0.25) is 9.78 Å². The first-order chi connectivity index (χ1) is 27.3. The molecule has 2 fully saturated rings. The standard InChI is InChI=1S/C40H39F6N7O4S/c1-22-7-4-8-23(2)34(22)27-19-33-50-37(49-27)51-58(55,56)26-11-5-10-25(17-26)36(54)53-30(12-6-9-24(31(53)21-57-33)13-14-39(41,42)43)29-20-47-28-18-32(52(3)35(28)48-29)38(15-16-38)40(44,45)46/h4-5,7-8,10-11,17-20,24,30-31H,6,9,12-16,21H2,1-3H3,(H,49,50,51)/t24-,30-,31-/m0/s1. The average molecular weight is 828 g/mol. The highest BCUT2D eigenvalue weighted by atomic mass is 32.2. The molecule has 1 amide bonds. The van der Waals surface area contributed by atoms with E-state index in [1.165, 1.54) is 59.1 Å². The summed E-state index contributed by atoms with van der Waals surface area (Å²) in [5, 5.41) is 0. The fourth-order valence-electron chi connectivity index (χ4n) is 8.55. The molecule has 1 aliphatic carbocycles. The van der Waals surface area contributed by atoms with Gasteiger partial charge in [0.15, 0.2) is 5.65 Å². The molecule has 3 aromatic heterocycles. The Bertz CT molecular complexity index is 2520. The van der Waals surface area contributed by atoms with E-state index >= 15 is 0 Å². The van der Waals surface area contributed by atoms with E-state index in [1.807, 2.05) is 32.0 Å². The molecule has 58 heavy (non-hydrogen) atoms. The van der Waals surface area contributed by atoms with E-state index in [0.29, 0.717) is 17.7 Å². The predicted octanol–water partition coefficient (Wildman–Crippen LogP) is 8.52. The van der Waals surface area contributed by atoms with Crippen molar-refractivity contribution in [2.75, 3.05) is 11.3 Å². The summed E-state index contributed by atoms with van der Waals surface area (Å²) < 4.78 is 122. The first-order valence-electron chi connectivity index (χ1n) is 18.9.